The third kappa shape index (κ3) is 4.53. The molecule has 1 atom stereocenters. The predicted molar refractivity (Wildman–Crippen MR) is 91.1 cm³/mol. The summed E-state index contributed by atoms with van der Waals surface area (Å²) in [4.78, 5) is 10.6. The Kier molecular flexibility index (Phi) is 5.97. The number of carbonyl (C=O) groups is 1. The molecule has 0 heterocycles. The predicted octanol–water partition coefficient (Wildman–Crippen LogP) is 6.82. The molecule has 7 heteroatoms. The van der Waals surface area contributed by atoms with Crippen LogP contribution >= 0.6 is 34.8 Å². The van der Waals surface area contributed by atoms with E-state index in [9.17, 15) is 18.0 Å². The molecule has 0 fully saturated rings. The number of alkyl halides is 3. The molecule has 0 aliphatic heterocycles. The van der Waals surface area contributed by atoms with E-state index >= 15 is 0 Å². The van der Waals surface area contributed by atoms with Gasteiger partial charge in [-0.1, -0.05) is 71.2 Å². The Balaban J connectivity index is 2.39. The molecule has 0 aliphatic carbocycles. The zero-order valence-electron chi connectivity index (χ0n) is 11.9. The summed E-state index contributed by atoms with van der Waals surface area (Å²) < 4.78 is 40.1. The third-order valence-corrected chi connectivity index (χ3v) is 4.47. The van der Waals surface area contributed by atoms with Crippen LogP contribution < -0.4 is 0 Å². The van der Waals surface area contributed by atoms with Crippen LogP contribution in [0.2, 0.25) is 15.1 Å². The van der Waals surface area contributed by atoms with Gasteiger partial charge in [-0.2, -0.15) is 13.2 Å². The Morgan fingerprint density at radius 1 is 0.917 bits per heavy atom. The van der Waals surface area contributed by atoms with Gasteiger partial charge in [-0.3, -0.25) is 4.79 Å². The molecular formula is C17H10Cl3F3O. The van der Waals surface area contributed by atoms with Crippen molar-refractivity contribution in [3.05, 3.63) is 74.2 Å². The summed E-state index contributed by atoms with van der Waals surface area (Å²) in [5.74, 6) is -1.89. The summed E-state index contributed by atoms with van der Waals surface area (Å²) in [5.41, 5.74) is 0.861. The summed E-state index contributed by atoms with van der Waals surface area (Å²) in [6.45, 7) is 0. The lowest BCUT2D eigenvalue weighted by molar-refractivity contribution is -0.139. The molecule has 0 radical (unpaired) electrons. The molecule has 2 rings (SSSR count). The second-order valence-electron chi connectivity index (χ2n) is 4.96. The molecule has 2 aromatic rings. The number of aldehydes is 1. The van der Waals surface area contributed by atoms with Crippen LogP contribution in [0.25, 0.3) is 6.08 Å². The number of allylic oxidation sites excluding steroid dienone is 1. The Morgan fingerprint density at radius 2 is 1.42 bits per heavy atom. The van der Waals surface area contributed by atoms with Crippen LogP contribution in [0.1, 0.15) is 27.4 Å². The molecule has 2 aromatic carbocycles. The van der Waals surface area contributed by atoms with Gasteiger partial charge in [0.25, 0.3) is 0 Å². The quantitative estimate of drug-likeness (QED) is 0.411. The van der Waals surface area contributed by atoms with Crippen LogP contribution in [0.3, 0.4) is 0 Å². The van der Waals surface area contributed by atoms with Crippen molar-refractivity contribution < 1.29 is 18.0 Å². The van der Waals surface area contributed by atoms with Crippen LogP contribution in [0.4, 0.5) is 13.2 Å². The first-order chi connectivity index (χ1) is 11.2. The summed E-state index contributed by atoms with van der Waals surface area (Å²) in [6, 6.07) is 8.43. The first kappa shape index (κ1) is 18.8. The maximum atomic E-state index is 13.4. The molecule has 126 valence electrons. The standard InChI is InChI=1S/C17H10Cl3F3O/c18-14-7-12(8-15(19)16(14)20)13(17(21,22)23)6-5-10-1-3-11(9-24)4-2-10/h1-9,13H/b6-5+. The molecule has 1 unspecified atom stereocenters. The van der Waals surface area contributed by atoms with Crippen LogP contribution in [0.5, 0.6) is 0 Å². The molecule has 0 saturated carbocycles. The highest BCUT2D eigenvalue weighted by molar-refractivity contribution is 6.48. The average molecular weight is 394 g/mol. The third-order valence-electron chi connectivity index (χ3n) is 3.27. The van der Waals surface area contributed by atoms with Crippen LogP contribution in [-0.4, -0.2) is 12.5 Å². The lowest BCUT2D eigenvalue weighted by Gasteiger charge is -2.18. The van der Waals surface area contributed by atoms with Gasteiger partial charge in [0.05, 0.1) is 21.0 Å². The lowest BCUT2D eigenvalue weighted by Crippen LogP contribution is -2.19. The molecule has 0 amide bonds. The summed E-state index contributed by atoms with van der Waals surface area (Å²) in [6.07, 6.45) is -1.54. The molecule has 0 saturated heterocycles. The molecule has 0 aliphatic rings. The van der Waals surface area contributed by atoms with Crippen molar-refractivity contribution in [1.29, 1.82) is 0 Å². The van der Waals surface area contributed by atoms with Gasteiger partial charge in [0.15, 0.2) is 0 Å². The van der Waals surface area contributed by atoms with Crippen LogP contribution in [-0.2, 0) is 0 Å². The highest BCUT2D eigenvalue weighted by Gasteiger charge is 2.39. The molecule has 0 N–H and O–H groups in total. The molecule has 0 bridgehead atoms. The Morgan fingerprint density at radius 3 is 1.88 bits per heavy atom. The second-order valence-corrected chi connectivity index (χ2v) is 6.15. The molecule has 24 heavy (non-hydrogen) atoms. The van der Waals surface area contributed by atoms with E-state index in [1.165, 1.54) is 18.2 Å². The summed E-state index contributed by atoms with van der Waals surface area (Å²) in [7, 11) is 0. The minimum atomic E-state index is -4.53. The normalized spacial score (nSPS) is 13.2. The van der Waals surface area contributed by atoms with Crippen molar-refractivity contribution in [3.8, 4) is 0 Å². The van der Waals surface area contributed by atoms with Gasteiger partial charge >= 0.3 is 6.18 Å². The van der Waals surface area contributed by atoms with E-state index < -0.39 is 12.1 Å². The van der Waals surface area contributed by atoms with E-state index in [1.807, 2.05) is 0 Å². The maximum Gasteiger partial charge on any atom is 0.399 e. The van der Waals surface area contributed by atoms with E-state index in [0.717, 1.165) is 18.2 Å². The number of benzene rings is 2. The highest BCUT2D eigenvalue weighted by Crippen LogP contribution is 2.41. The van der Waals surface area contributed by atoms with Crippen molar-refractivity contribution in [1.82, 2.24) is 0 Å². The Labute approximate surface area is 151 Å². The van der Waals surface area contributed by atoms with E-state index in [-0.39, 0.29) is 20.6 Å². The molecular weight excluding hydrogens is 384 g/mol. The Hall–Kier alpha value is -1.49. The number of halogens is 6. The van der Waals surface area contributed by atoms with Crippen molar-refractivity contribution in [3.63, 3.8) is 0 Å². The van der Waals surface area contributed by atoms with Gasteiger partial charge in [0, 0.05) is 5.56 Å². The van der Waals surface area contributed by atoms with Crippen molar-refractivity contribution in [2.75, 3.05) is 0 Å². The smallest absolute Gasteiger partial charge is 0.298 e. The van der Waals surface area contributed by atoms with Gasteiger partial charge in [0.1, 0.15) is 6.29 Å². The summed E-state index contributed by atoms with van der Waals surface area (Å²) >= 11 is 17.4. The van der Waals surface area contributed by atoms with E-state index in [0.29, 0.717) is 17.4 Å². The molecule has 0 aromatic heterocycles. The first-order valence-electron chi connectivity index (χ1n) is 6.67. The molecule has 1 nitrogen and oxygen atoms in total. The second kappa shape index (κ2) is 7.60. The number of carbonyl (C=O) groups excluding carboxylic acids is 1. The fourth-order valence-electron chi connectivity index (χ4n) is 2.06. The lowest BCUT2D eigenvalue weighted by atomic mass is 9.97. The first-order valence-corrected chi connectivity index (χ1v) is 7.80. The van der Waals surface area contributed by atoms with E-state index in [4.69, 9.17) is 34.8 Å². The van der Waals surface area contributed by atoms with Gasteiger partial charge in [-0.15, -0.1) is 0 Å². The number of hydrogen-bond donors (Lipinski definition) is 0. The SMILES string of the molecule is O=Cc1ccc(/C=C/C(c2cc(Cl)c(Cl)c(Cl)c2)C(F)(F)F)cc1. The fraction of sp³-hybridized carbons (Fsp3) is 0.118. The van der Waals surface area contributed by atoms with E-state index in [1.54, 1.807) is 12.1 Å². The van der Waals surface area contributed by atoms with Gasteiger partial charge in [-0.05, 0) is 23.3 Å². The largest absolute Gasteiger partial charge is 0.399 e. The number of hydrogen-bond acceptors (Lipinski definition) is 1. The van der Waals surface area contributed by atoms with Crippen molar-refractivity contribution in [2.24, 2.45) is 0 Å². The van der Waals surface area contributed by atoms with Gasteiger partial charge in [0.2, 0.25) is 0 Å². The zero-order chi connectivity index (χ0) is 17.9. The topological polar surface area (TPSA) is 17.1 Å². The monoisotopic (exact) mass is 392 g/mol. The maximum absolute atomic E-state index is 13.4. The number of rotatable bonds is 4. The van der Waals surface area contributed by atoms with Gasteiger partial charge in [-0.25, -0.2) is 0 Å². The average Bonchev–Trinajstić information content (AvgIpc) is 2.52. The fourth-order valence-corrected chi connectivity index (χ4v) is 2.67. The van der Waals surface area contributed by atoms with E-state index in [2.05, 4.69) is 0 Å². The molecule has 0 spiro atoms. The van der Waals surface area contributed by atoms with Crippen LogP contribution in [0.15, 0.2) is 42.5 Å². The minimum Gasteiger partial charge on any atom is -0.298 e. The minimum absolute atomic E-state index is 0.0106. The van der Waals surface area contributed by atoms with Gasteiger partial charge < -0.3 is 0 Å². The van der Waals surface area contributed by atoms with Crippen molar-refractivity contribution in [2.45, 2.75) is 12.1 Å². The van der Waals surface area contributed by atoms with Crippen LogP contribution in [0, 0.1) is 0 Å². The Bertz CT molecular complexity index is 745. The van der Waals surface area contributed by atoms with Crippen molar-refractivity contribution >= 4 is 47.2 Å². The highest BCUT2D eigenvalue weighted by atomic mass is 35.5. The zero-order valence-corrected chi connectivity index (χ0v) is 14.2. The summed E-state index contributed by atoms with van der Waals surface area (Å²) in [5, 5.41) is -0.0780.